The first-order valence-corrected chi connectivity index (χ1v) is 10.1. The van der Waals surface area contributed by atoms with Gasteiger partial charge in [-0.2, -0.15) is 0 Å². The molecular weight excluding hydrogens is 399 g/mol. The van der Waals surface area contributed by atoms with E-state index < -0.39 is 6.10 Å². The van der Waals surface area contributed by atoms with Crippen LogP contribution < -0.4 is 14.4 Å². The number of halogens is 2. The number of piperazine rings is 1. The van der Waals surface area contributed by atoms with Gasteiger partial charge in [-0.05, 0) is 44.2 Å². The van der Waals surface area contributed by atoms with Crippen LogP contribution in [-0.2, 0) is 4.79 Å². The number of hydrogen-bond acceptors (Lipinski definition) is 4. The summed E-state index contributed by atoms with van der Waals surface area (Å²) >= 11 is 12.0. The third kappa shape index (κ3) is 4.83. The maximum atomic E-state index is 12.8. The molecule has 0 unspecified atom stereocenters. The summed E-state index contributed by atoms with van der Waals surface area (Å²) in [5.41, 5.74) is 1.06. The van der Waals surface area contributed by atoms with Gasteiger partial charge >= 0.3 is 0 Å². The fraction of sp³-hybridized carbons (Fsp3) is 0.381. The summed E-state index contributed by atoms with van der Waals surface area (Å²) in [4.78, 5) is 16.9. The highest BCUT2D eigenvalue weighted by Gasteiger charge is 2.27. The first-order chi connectivity index (χ1) is 13.5. The summed E-state index contributed by atoms with van der Waals surface area (Å²) in [5.74, 6) is 1.28. The Hall–Kier alpha value is -2.11. The van der Waals surface area contributed by atoms with E-state index in [2.05, 4.69) is 11.0 Å². The smallest absolute Gasteiger partial charge is 0.263 e. The number of para-hydroxylation sites is 2. The molecule has 1 atom stereocenters. The Morgan fingerprint density at radius 3 is 2.46 bits per heavy atom. The number of hydrogen-bond donors (Lipinski definition) is 0. The van der Waals surface area contributed by atoms with Crippen molar-refractivity contribution in [2.45, 2.75) is 20.0 Å². The molecule has 2 aromatic rings. The van der Waals surface area contributed by atoms with Gasteiger partial charge in [0, 0.05) is 31.2 Å². The Labute approximate surface area is 175 Å². The van der Waals surface area contributed by atoms with Crippen LogP contribution >= 0.6 is 23.2 Å². The molecule has 0 aliphatic carbocycles. The second-order valence-corrected chi connectivity index (χ2v) is 7.39. The van der Waals surface area contributed by atoms with E-state index in [1.54, 1.807) is 25.1 Å². The molecule has 0 bridgehead atoms. The minimum Gasteiger partial charge on any atom is -0.492 e. The van der Waals surface area contributed by atoms with E-state index in [4.69, 9.17) is 32.7 Å². The van der Waals surface area contributed by atoms with Gasteiger partial charge in [-0.15, -0.1) is 0 Å². The number of ether oxygens (including phenoxy) is 2. The van der Waals surface area contributed by atoms with E-state index in [-0.39, 0.29) is 5.91 Å². The van der Waals surface area contributed by atoms with E-state index >= 15 is 0 Å². The summed E-state index contributed by atoms with van der Waals surface area (Å²) in [6.07, 6.45) is -0.624. The highest BCUT2D eigenvalue weighted by atomic mass is 35.5. The molecule has 7 heteroatoms. The summed E-state index contributed by atoms with van der Waals surface area (Å²) in [5, 5.41) is 0.921. The first-order valence-electron chi connectivity index (χ1n) is 9.37. The van der Waals surface area contributed by atoms with Gasteiger partial charge in [0.25, 0.3) is 5.91 Å². The third-order valence-electron chi connectivity index (χ3n) is 4.64. The molecule has 28 heavy (non-hydrogen) atoms. The number of amides is 1. The average molecular weight is 423 g/mol. The maximum Gasteiger partial charge on any atom is 0.263 e. The van der Waals surface area contributed by atoms with Gasteiger partial charge in [0.05, 0.1) is 17.3 Å². The van der Waals surface area contributed by atoms with E-state index in [0.717, 1.165) is 24.5 Å². The largest absolute Gasteiger partial charge is 0.492 e. The van der Waals surface area contributed by atoms with Crippen molar-refractivity contribution in [2.24, 2.45) is 0 Å². The molecule has 1 fully saturated rings. The zero-order valence-electron chi connectivity index (χ0n) is 16.0. The molecule has 150 valence electrons. The molecule has 1 saturated heterocycles. The summed E-state index contributed by atoms with van der Waals surface area (Å²) < 4.78 is 11.5. The number of rotatable bonds is 6. The zero-order valence-corrected chi connectivity index (χ0v) is 17.5. The van der Waals surface area contributed by atoms with E-state index in [0.29, 0.717) is 35.5 Å². The van der Waals surface area contributed by atoms with E-state index in [1.807, 2.05) is 30.0 Å². The molecule has 1 aliphatic heterocycles. The van der Waals surface area contributed by atoms with Gasteiger partial charge in [0.15, 0.2) is 6.10 Å². The number of anilines is 1. The van der Waals surface area contributed by atoms with Crippen molar-refractivity contribution < 1.29 is 14.3 Å². The molecule has 5 nitrogen and oxygen atoms in total. The topological polar surface area (TPSA) is 42.0 Å². The molecule has 0 saturated carbocycles. The summed E-state index contributed by atoms with van der Waals surface area (Å²) in [6.45, 7) is 7.07. The lowest BCUT2D eigenvalue weighted by molar-refractivity contribution is -0.138. The van der Waals surface area contributed by atoms with Gasteiger partial charge in [-0.25, -0.2) is 0 Å². The number of nitrogens with zero attached hydrogens (tertiary/aromatic N) is 2. The maximum absolute atomic E-state index is 12.8. The minimum atomic E-state index is -0.624. The van der Waals surface area contributed by atoms with Crippen molar-refractivity contribution in [1.29, 1.82) is 0 Å². The van der Waals surface area contributed by atoms with Gasteiger partial charge in [-0.1, -0.05) is 35.3 Å². The lowest BCUT2D eigenvalue weighted by atomic mass is 10.2. The third-order valence-corrected chi connectivity index (χ3v) is 5.17. The van der Waals surface area contributed by atoms with E-state index in [9.17, 15) is 4.79 Å². The lowest BCUT2D eigenvalue weighted by Gasteiger charge is -2.37. The van der Waals surface area contributed by atoms with Crippen LogP contribution in [-0.4, -0.2) is 49.7 Å². The normalized spacial score (nSPS) is 15.3. The Morgan fingerprint density at radius 1 is 1.07 bits per heavy atom. The van der Waals surface area contributed by atoms with Crippen molar-refractivity contribution in [1.82, 2.24) is 4.90 Å². The highest BCUT2D eigenvalue weighted by molar-refractivity contribution is 6.35. The predicted octanol–water partition coefficient (Wildman–Crippen LogP) is 4.51. The Bertz CT molecular complexity index is 823. The monoisotopic (exact) mass is 422 g/mol. The van der Waals surface area contributed by atoms with Gasteiger partial charge < -0.3 is 19.3 Å². The molecule has 1 heterocycles. The van der Waals surface area contributed by atoms with Crippen LogP contribution in [0.15, 0.2) is 42.5 Å². The SMILES string of the molecule is CCOc1ccccc1N1CCN(C(=O)[C@@H](C)Oc2ccc(Cl)cc2Cl)CC1. The Balaban J connectivity index is 1.59. The molecular formula is C21H24Cl2N2O3. The minimum absolute atomic E-state index is 0.0521. The Kier molecular flexibility index (Phi) is 6.92. The van der Waals surface area contributed by atoms with Crippen LogP contribution in [0.25, 0.3) is 0 Å². The Morgan fingerprint density at radius 2 is 1.79 bits per heavy atom. The van der Waals surface area contributed by atoms with Crippen LogP contribution in [0.5, 0.6) is 11.5 Å². The van der Waals surface area contributed by atoms with Crippen LogP contribution in [0.4, 0.5) is 5.69 Å². The van der Waals surface area contributed by atoms with Crippen LogP contribution in [0.2, 0.25) is 10.0 Å². The molecule has 2 aromatic carbocycles. The van der Waals surface area contributed by atoms with E-state index in [1.165, 1.54) is 0 Å². The zero-order chi connectivity index (χ0) is 20.1. The molecule has 0 radical (unpaired) electrons. The van der Waals surface area contributed by atoms with Crippen molar-refractivity contribution >= 4 is 34.8 Å². The summed E-state index contributed by atoms with van der Waals surface area (Å²) in [6, 6.07) is 13.0. The van der Waals surface area contributed by atoms with Crippen LogP contribution in [0.1, 0.15) is 13.8 Å². The number of carbonyl (C=O) groups excluding carboxylic acids is 1. The quantitative estimate of drug-likeness (QED) is 0.686. The van der Waals surface area contributed by atoms with Crippen molar-refractivity contribution in [3.05, 3.63) is 52.5 Å². The average Bonchev–Trinajstić information content (AvgIpc) is 2.70. The van der Waals surface area contributed by atoms with Gasteiger partial charge in [-0.3, -0.25) is 4.79 Å². The second kappa shape index (κ2) is 9.39. The molecule has 1 amide bonds. The van der Waals surface area contributed by atoms with Crippen molar-refractivity contribution in [3.8, 4) is 11.5 Å². The van der Waals surface area contributed by atoms with Gasteiger partial charge in [0.1, 0.15) is 11.5 Å². The van der Waals surface area contributed by atoms with Crippen LogP contribution in [0.3, 0.4) is 0 Å². The second-order valence-electron chi connectivity index (χ2n) is 6.55. The molecule has 0 N–H and O–H groups in total. The highest BCUT2D eigenvalue weighted by Crippen LogP contribution is 2.30. The van der Waals surface area contributed by atoms with Gasteiger partial charge in [0.2, 0.25) is 0 Å². The van der Waals surface area contributed by atoms with Crippen molar-refractivity contribution in [2.75, 3.05) is 37.7 Å². The molecule has 0 spiro atoms. The van der Waals surface area contributed by atoms with Crippen LogP contribution in [0, 0.1) is 0 Å². The molecule has 1 aliphatic rings. The number of benzene rings is 2. The summed E-state index contributed by atoms with van der Waals surface area (Å²) in [7, 11) is 0. The molecule has 0 aromatic heterocycles. The fourth-order valence-electron chi connectivity index (χ4n) is 3.23. The standard InChI is InChI=1S/C21H24Cl2N2O3/c1-3-27-20-7-5-4-6-18(20)24-10-12-25(13-11-24)21(26)15(2)28-19-9-8-16(22)14-17(19)23/h4-9,14-15H,3,10-13H2,1-2H3/t15-/m1/s1. The predicted molar refractivity (Wildman–Crippen MR) is 113 cm³/mol. The van der Waals surface area contributed by atoms with Crippen molar-refractivity contribution in [3.63, 3.8) is 0 Å². The number of carbonyl (C=O) groups is 1. The fourth-order valence-corrected chi connectivity index (χ4v) is 3.69. The first kappa shape index (κ1) is 20.6. The lowest BCUT2D eigenvalue weighted by Crippen LogP contribution is -2.52. The molecule has 3 rings (SSSR count).